The summed E-state index contributed by atoms with van der Waals surface area (Å²) in [6, 6.07) is 0. The summed E-state index contributed by atoms with van der Waals surface area (Å²) in [5, 5.41) is 0. The van der Waals surface area contributed by atoms with E-state index in [4.69, 9.17) is 0 Å². The number of rotatable bonds is 4. The first-order chi connectivity index (χ1) is 6.34. The number of likely N-dealkylation sites (tertiary alicyclic amines) is 1. The van der Waals surface area contributed by atoms with E-state index in [2.05, 4.69) is 6.58 Å². The zero-order chi connectivity index (χ0) is 9.52. The van der Waals surface area contributed by atoms with E-state index in [1.807, 2.05) is 11.0 Å². The van der Waals surface area contributed by atoms with E-state index < -0.39 is 0 Å². The van der Waals surface area contributed by atoms with Gasteiger partial charge in [-0.3, -0.25) is 4.79 Å². The highest BCUT2D eigenvalue weighted by molar-refractivity contribution is 5.76. The molecule has 0 aromatic heterocycles. The second-order valence-corrected chi connectivity index (χ2v) is 3.62. The van der Waals surface area contributed by atoms with Gasteiger partial charge in [-0.25, -0.2) is 0 Å². The Bertz CT molecular complexity index is 171. The zero-order valence-electron chi connectivity index (χ0n) is 8.30. The predicted molar refractivity (Wildman–Crippen MR) is 54.5 cm³/mol. The van der Waals surface area contributed by atoms with Crippen LogP contribution in [0.25, 0.3) is 0 Å². The van der Waals surface area contributed by atoms with Crippen molar-refractivity contribution >= 4 is 5.91 Å². The number of carbonyl (C=O) groups is 1. The lowest BCUT2D eigenvalue weighted by Crippen LogP contribution is -2.35. The third-order valence-corrected chi connectivity index (χ3v) is 2.51. The maximum absolute atomic E-state index is 11.6. The van der Waals surface area contributed by atoms with Crippen molar-refractivity contribution in [3.63, 3.8) is 0 Å². The third kappa shape index (κ3) is 3.62. The Hall–Kier alpha value is -0.790. The van der Waals surface area contributed by atoms with Gasteiger partial charge in [-0.2, -0.15) is 0 Å². The van der Waals surface area contributed by atoms with Crippen LogP contribution in [0.2, 0.25) is 0 Å². The summed E-state index contributed by atoms with van der Waals surface area (Å²) in [6.07, 6.45) is 8.16. The standard InChI is InChI=1S/C11H19NO/c1-2-3-5-8-11(13)12-9-6-4-7-10-12/h2H,1,3-10H2. The molecule has 1 amide bonds. The van der Waals surface area contributed by atoms with Gasteiger partial charge in [0.25, 0.3) is 0 Å². The van der Waals surface area contributed by atoms with Gasteiger partial charge < -0.3 is 4.90 Å². The molecule has 0 bridgehead atoms. The van der Waals surface area contributed by atoms with Gasteiger partial charge in [0.05, 0.1) is 0 Å². The summed E-state index contributed by atoms with van der Waals surface area (Å²) >= 11 is 0. The number of amides is 1. The Balaban J connectivity index is 2.17. The van der Waals surface area contributed by atoms with Crippen LogP contribution in [-0.2, 0) is 4.79 Å². The van der Waals surface area contributed by atoms with Crippen LogP contribution in [0.4, 0.5) is 0 Å². The van der Waals surface area contributed by atoms with Crippen LogP contribution in [0.5, 0.6) is 0 Å². The Labute approximate surface area is 80.6 Å². The number of piperidine rings is 1. The normalized spacial score (nSPS) is 17.1. The Morgan fingerprint density at radius 1 is 1.31 bits per heavy atom. The van der Waals surface area contributed by atoms with Gasteiger partial charge in [0.15, 0.2) is 0 Å². The number of hydrogen-bond donors (Lipinski definition) is 0. The summed E-state index contributed by atoms with van der Waals surface area (Å²) in [6.45, 7) is 5.60. The molecular weight excluding hydrogens is 162 g/mol. The van der Waals surface area contributed by atoms with E-state index in [0.717, 1.165) is 25.9 Å². The molecule has 1 saturated heterocycles. The fourth-order valence-corrected chi connectivity index (χ4v) is 1.70. The largest absolute Gasteiger partial charge is 0.343 e. The molecule has 13 heavy (non-hydrogen) atoms. The van der Waals surface area contributed by atoms with Crippen molar-refractivity contribution in [2.24, 2.45) is 0 Å². The highest BCUT2D eigenvalue weighted by Crippen LogP contribution is 2.11. The van der Waals surface area contributed by atoms with Crippen LogP contribution in [0, 0.1) is 0 Å². The van der Waals surface area contributed by atoms with Gasteiger partial charge in [-0.15, -0.1) is 6.58 Å². The van der Waals surface area contributed by atoms with Crippen LogP contribution in [0.3, 0.4) is 0 Å². The van der Waals surface area contributed by atoms with Crippen LogP contribution >= 0.6 is 0 Å². The summed E-state index contributed by atoms with van der Waals surface area (Å²) in [5.74, 6) is 0.335. The summed E-state index contributed by atoms with van der Waals surface area (Å²) < 4.78 is 0. The summed E-state index contributed by atoms with van der Waals surface area (Å²) in [7, 11) is 0. The molecular formula is C11H19NO. The molecule has 0 saturated carbocycles. The molecule has 0 unspecified atom stereocenters. The molecule has 74 valence electrons. The molecule has 2 heteroatoms. The molecule has 0 aromatic carbocycles. The Morgan fingerprint density at radius 2 is 2.00 bits per heavy atom. The minimum Gasteiger partial charge on any atom is -0.343 e. The summed E-state index contributed by atoms with van der Waals surface area (Å²) in [5.41, 5.74) is 0. The van der Waals surface area contributed by atoms with Crippen molar-refractivity contribution in [1.29, 1.82) is 0 Å². The lowest BCUT2D eigenvalue weighted by molar-refractivity contribution is -0.132. The molecule has 1 rings (SSSR count). The first-order valence-corrected chi connectivity index (χ1v) is 5.23. The topological polar surface area (TPSA) is 20.3 Å². The van der Waals surface area contributed by atoms with E-state index in [1.54, 1.807) is 0 Å². The molecule has 0 spiro atoms. The quantitative estimate of drug-likeness (QED) is 0.481. The Morgan fingerprint density at radius 3 is 2.62 bits per heavy atom. The lowest BCUT2D eigenvalue weighted by Gasteiger charge is -2.26. The third-order valence-electron chi connectivity index (χ3n) is 2.51. The van der Waals surface area contributed by atoms with Gasteiger partial charge in [0, 0.05) is 19.5 Å². The van der Waals surface area contributed by atoms with Gasteiger partial charge in [-0.05, 0) is 32.1 Å². The van der Waals surface area contributed by atoms with Gasteiger partial charge in [-0.1, -0.05) is 6.08 Å². The van der Waals surface area contributed by atoms with Crippen molar-refractivity contribution in [3.05, 3.63) is 12.7 Å². The monoisotopic (exact) mass is 181 g/mol. The number of unbranched alkanes of at least 4 members (excludes halogenated alkanes) is 1. The highest BCUT2D eigenvalue weighted by atomic mass is 16.2. The molecule has 1 aliphatic rings. The van der Waals surface area contributed by atoms with Gasteiger partial charge in [0.2, 0.25) is 5.91 Å². The smallest absolute Gasteiger partial charge is 0.222 e. The molecule has 0 radical (unpaired) electrons. The molecule has 2 nitrogen and oxygen atoms in total. The number of carbonyl (C=O) groups excluding carboxylic acids is 1. The van der Waals surface area contributed by atoms with Crippen molar-refractivity contribution in [3.8, 4) is 0 Å². The van der Waals surface area contributed by atoms with Crippen LogP contribution in [0.15, 0.2) is 12.7 Å². The van der Waals surface area contributed by atoms with E-state index >= 15 is 0 Å². The van der Waals surface area contributed by atoms with Crippen LogP contribution in [0.1, 0.15) is 38.5 Å². The Kier molecular flexibility index (Phi) is 4.58. The SMILES string of the molecule is C=CCCCC(=O)N1CCCCC1. The van der Waals surface area contributed by atoms with Crippen LogP contribution in [-0.4, -0.2) is 23.9 Å². The molecule has 0 N–H and O–H groups in total. The van der Waals surface area contributed by atoms with Crippen molar-refractivity contribution in [1.82, 2.24) is 4.90 Å². The second-order valence-electron chi connectivity index (χ2n) is 3.62. The van der Waals surface area contributed by atoms with Crippen molar-refractivity contribution in [2.45, 2.75) is 38.5 Å². The molecule has 1 aliphatic heterocycles. The van der Waals surface area contributed by atoms with E-state index in [0.29, 0.717) is 12.3 Å². The fraction of sp³-hybridized carbons (Fsp3) is 0.727. The first-order valence-electron chi connectivity index (χ1n) is 5.23. The van der Waals surface area contributed by atoms with Crippen LogP contribution < -0.4 is 0 Å². The molecule has 0 aromatic rings. The first kappa shape index (κ1) is 10.3. The zero-order valence-corrected chi connectivity index (χ0v) is 8.30. The lowest BCUT2D eigenvalue weighted by atomic mass is 10.1. The molecule has 0 aliphatic carbocycles. The van der Waals surface area contributed by atoms with Crippen molar-refractivity contribution in [2.75, 3.05) is 13.1 Å². The minimum absolute atomic E-state index is 0.335. The second kappa shape index (κ2) is 5.79. The molecule has 1 heterocycles. The van der Waals surface area contributed by atoms with E-state index in [9.17, 15) is 4.79 Å². The van der Waals surface area contributed by atoms with Gasteiger partial charge in [0.1, 0.15) is 0 Å². The molecule has 1 fully saturated rings. The fourth-order valence-electron chi connectivity index (χ4n) is 1.70. The average molecular weight is 181 g/mol. The average Bonchev–Trinajstić information content (AvgIpc) is 2.19. The van der Waals surface area contributed by atoms with E-state index in [-0.39, 0.29) is 0 Å². The van der Waals surface area contributed by atoms with Crippen molar-refractivity contribution < 1.29 is 4.79 Å². The minimum atomic E-state index is 0.335. The molecule has 0 atom stereocenters. The van der Waals surface area contributed by atoms with E-state index in [1.165, 1.54) is 19.3 Å². The summed E-state index contributed by atoms with van der Waals surface area (Å²) in [4.78, 5) is 13.6. The van der Waals surface area contributed by atoms with Gasteiger partial charge >= 0.3 is 0 Å². The maximum atomic E-state index is 11.6. The number of hydrogen-bond acceptors (Lipinski definition) is 1. The predicted octanol–water partition coefficient (Wildman–Crippen LogP) is 2.36. The number of allylic oxidation sites excluding steroid dienone is 1. The highest BCUT2D eigenvalue weighted by Gasteiger charge is 2.14. The number of nitrogens with zero attached hydrogens (tertiary/aromatic N) is 1. The maximum Gasteiger partial charge on any atom is 0.222 e.